The molecule has 0 aliphatic carbocycles. The third-order valence-electron chi connectivity index (χ3n) is 3.29. The first-order chi connectivity index (χ1) is 9.36. The maximum atomic E-state index is 12.0. The molecule has 1 amide bonds. The van der Waals surface area contributed by atoms with Crippen molar-refractivity contribution < 1.29 is 4.79 Å². The van der Waals surface area contributed by atoms with Gasteiger partial charge in [-0.25, -0.2) is 0 Å². The molecule has 3 nitrogen and oxygen atoms in total. The van der Waals surface area contributed by atoms with E-state index in [1.54, 1.807) is 11.8 Å². The molecule has 1 heterocycles. The van der Waals surface area contributed by atoms with Gasteiger partial charge in [-0.05, 0) is 31.5 Å². The highest BCUT2D eigenvalue weighted by molar-refractivity contribution is 7.99. The van der Waals surface area contributed by atoms with Crippen LogP contribution in [0.15, 0.2) is 35.2 Å². The molecule has 0 saturated carbocycles. The summed E-state index contributed by atoms with van der Waals surface area (Å²) in [5, 5.41) is 6.35. The predicted octanol–water partition coefficient (Wildman–Crippen LogP) is 2.43. The zero-order valence-electron chi connectivity index (χ0n) is 11.2. The maximum Gasteiger partial charge on any atom is 0.237 e. The quantitative estimate of drug-likeness (QED) is 0.642. The SMILES string of the molecule is O=C(NCCSc1ccccc1)C1CCCCCN1. The molecule has 2 rings (SSSR count). The fraction of sp³-hybridized carbons (Fsp3) is 0.533. The summed E-state index contributed by atoms with van der Waals surface area (Å²) in [6.45, 7) is 1.70. The Morgan fingerprint density at radius 2 is 2.11 bits per heavy atom. The lowest BCUT2D eigenvalue weighted by Crippen LogP contribution is -2.44. The van der Waals surface area contributed by atoms with Crippen molar-refractivity contribution in [3.63, 3.8) is 0 Å². The number of carbonyl (C=O) groups is 1. The van der Waals surface area contributed by atoms with Crippen molar-refractivity contribution in [2.45, 2.75) is 36.6 Å². The van der Waals surface area contributed by atoms with Crippen LogP contribution in [-0.4, -0.2) is 30.8 Å². The molecule has 1 fully saturated rings. The van der Waals surface area contributed by atoms with Crippen LogP contribution < -0.4 is 10.6 Å². The van der Waals surface area contributed by atoms with Gasteiger partial charge >= 0.3 is 0 Å². The standard InChI is InChI=1S/C15H22N2OS/c18-15(14-9-5-2-6-10-16-14)17-11-12-19-13-7-3-1-4-8-13/h1,3-4,7-8,14,16H,2,5-6,9-12H2,(H,17,18). The summed E-state index contributed by atoms with van der Waals surface area (Å²) in [5.74, 6) is 1.08. The lowest BCUT2D eigenvalue weighted by atomic mass is 10.1. The first-order valence-corrected chi connectivity index (χ1v) is 8.04. The number of benzene rings is 1. The second-order valence-electron chi connectivity index (χ2n) is 4.81. The highest BCUT2D eigenvalue weighted by atomic mass is 32.2. The number of amides is 1. The van der Waals surface area contributed by atoms with Gasteiger partial charge in [-0.15, -0.1) is 11.8 Å². The van der Waals surface area contributed by atoms with Crippen molar-refractivity contribution in [3.05, 3.63) is 30.3 Å². The Kier molecular flexibility index (Phi) is 6.24. The van der Waals surface area contributed by atoms with Gasteiger partial charge in [0, 0.05) is 17.2 Å². The lowest BCUT2D eigenvalue weighted by molar-refractivity contribution is -0.123. The van der Waals surface area contributed by atoms with Crippen molar-refractivity contribution in [3.8, 4) is 0 Å². The number of carbonyl (C=O) groups excluding carboxylic acids is 1. The average molecular weight is 278 g/mol. The van der Waals surface area contributed by atoms with Gasteiger partial charge in [0.1, 0.15) is 0 Å². The smallest absolute Gasteiger partial charge is 0.237 e. The fourth-order valence-electron chi connectivity index (χ4n) is 2.24. The van der Waals surface area contributed by atoms with E-state index in [2.05, 4.69) is 22.8 Å². The molecule has 2 N–H and O–H groups in total. The molecule has 4 heteroatoms. The van der Waals surface area contributed by atoms with Crippen molar-refractivity contribution in [2.75, 3.05) is 18.8 Å². The molecule has 1 aromatic carbocycles. The predicted molar refractivity (Wildman–Crippen MR) is 80.4 cm³/mol. The largest absolute Gasteiger partial charge is 0.354 e. The van der Waals surface area contributed by atoms with E-state index in [9.17, 15) is 4.79 Å². The maximum absolute atomic E-state index is 12.0. The minimum atomic E-state index is 0.0178. The fourth-order valence-corrected chi connectivity index (χ4v) is 3.02. The Bertz CT molecular complexity index is 375. The van der Waals surface area contributed by atoms with Gasteiger partial charge < -0.3 is 10.6 Å². The Hall–Kier alpha value is -1.00. The van der Waals surface area contributed by atoms with Crippen LogP contribution in [0.5, 0.6) is 0 Å². The molecule has 0 aromatic heterocycles. The van der Waals surface area contributed by atoms with Crippen molar-refractivity contribution >= 4 is 17.7 Å². The van der Waals surface area contributed by atoms with Gasteiger partial charge in [-0.1, -0.05) is 31.0 Å². The first-order valence-electron chi connectivity index (χ1n) is 7.05. The van der Waals surface area contributed by atoms with Gasteiger partial charge in [-0.2, -0.15) is 0 Å². The summed E-state index contributed by atoms with van der Waals surface area (Å²) in [5.41, 5.74) is 0. The topological polar surface area (TPSA) is 41.1 Å². The molecular formula is C15H22N2OS. The molecule has 0 bridgehead atoms. The summed E-state index contributed by atoms with van der Waals surface area (Å²) in [6, 6.07) is 10.3. The number of hydrogen-bond acceptors (Lipinski definition) is 3. The molecule has 0 radical (unpaired) electrons. The van der Waals surface area contributed by atoms with Gasteiger partial charge in [-0.3, -0.25) is 4.79 Å². The second kappa shape index (κ2) is 8.23. The normalized spacial score (nSPS) is 19.7. The van der Waals surface area contributed by atoms with Crippen molar-refractivity contribution in [1.82, 2.24) is 10.6 Å². The molecule has 1 aliphatic rings. The van der Waals surface area contributed by atoms with E-state index in [4.69, 9.17) is 0 Å². The first kappa shape index (κ1) is 14.4. The molecule has 0 spiro atoms. The van der Waals surface area contributed by atoms with Crippen LogP contribution in [0.3, 0.4) is 0 Å². The van der Waals surface area contributed by atoms with Crippen LogP contribution in [0, 0.1) is 0 Å². The summed E-state index contributed by atoms with van der Waals surface area (Å²) in [6.07, 6.45) is 4.55. The van der Waals surface area contributed by atoms with Gasteiger partial charge in [0.15, 0.2) is 0 Å². The zero-order chi connectivity index (χ0) is 13.3. The van der Waals surface area contributed by atoms with Gasteiger partial charge in [0.25, 0.3) is 0 Å². The summed E-state index contributed by atoms with van der Waals surface area (Å²) >= 11 is 1.78. The third kappa shape index (κ3) is 5.25. The highest BCUT2D eigenvalue weighted by Crippen LogP contribution is 2.15. The monoisotopic (exact) mass is 278 g/mol. The lowest BCUT2D eigenvalue weighted by Gasteiger charge is -2.15. The molecule has 1 unspecified atom stereocenters. The van der Waals surface area contributed by atoms with E-state index in [-0.39, 0.29) is 11.9 Å². The highest BCUT2D eigenvalue weighted by Gasteiger charge is 2.18. The van der Waals surface area contributed by atoms with Crippen molar-refractivity contribution in [2.24, 2.45) is 0 Å². The van der Waals surface area contributed by atoms with Crippen LogP contribution >= 0.6 is 11.8 Å². The summed E-state index contributed by atoms with van der Waals surface area (Å²) < 4.78 is 0. The van der Waals surface area contributed by atoms with Crippen LogP contribution in [0.1, 0.15) is 25.7 Å². The van der Waals surface area contributed by atoms with E-state index in [0.717, 1.165) is 31.7 Å². The molecule has 1 saturated heterocycles. The third-order valence-corrected chi connectivity index (χ3v) is 4.30. The molecule has 1 aromatic rings. The van der Waals surface area contributed by atoms with Crippen LogP contribution in [0.4, 0.5) is 0 Å². The number of thioether (sulfide) groups is 1. The Labute approximate surface area is 119 Å². The molecule has 19 heavy (non-hydrogen) atoms. The molecule has 104 valence electrons. The van der Waals surface area contributed by atoms with Gasteiger partial charge in [0.2, 0.25) is 5.91 Å². The van der Waals surface area contributed by atoms with Gasteiger partial charge in [0.05, 0.1) is 6.04 Å². The number of nitrogens with one attached hydrogen (secondary N) is 2. The summed E-state index contributed by atoms with van der Waals surface area (Å²) in [4.78, 5) is 13.2. The van der Waals surface area contributed by atoms with E-state index in [1.807, 2.05) is 18.2 Å². The Balaban J connectivity index is 1.63. The Morgan fingerprint density at radius 1 is 1.26 bits per heavy atom. The van der Waals surface area contributed by atoms with Crippen LogP contribution in [0.2, 0.25) is 0 Å². The van der Waals surface area contributed by atoms with E-state index in [0.29, 0.717) is 0 Å². The molecule has 1 aliphatic heterocycles. The summed E-state index contributed by atoms with van der Waals surface area (Å²) in [7, 11) is 0. The van der Waals surface area contributed by atoms with Crippen LogP contribution in [0.25, 0.3) is 0 Å². The van der Waals surface area contributed by atoms with E-state index < -0.39 is 0 Å². The van der Waals surface area contributed by atoms with E-state index in [1.165, 1.54) is 17.7 Å². The minimum Gasteiger partial charge on any atom is -0.354 e. The zero-order valence-corrected chi connectivity index (χ0v) is 12.0. The molecule has 1 atom stereocenters. The molecular weight excluding hydrogens is 256 g/mol. The second-order valence-corrected chi connectivity index (χ2v) is 5.98. The average Bonchev–Trinajstić information content (AvgIpc) is 2.73. The Morgan fingerprint density at radius 3 is 2.95 bits per heavy atom. The van der Waals surface area contributed by atoms with Crippen LogP contribution in [-0.2, 0) is 4.79 Å². The minimum absolute atomic E-state index is 0.0178. The number of rotatable bonds is 5. The number of hydrogen-bond donors (Lipinski definition) is 2. The van der Waals surface area contributed by atoms with E-state index >= 15 is 0 Å². The van der Waals surface area contributed by atoms with Crippen molar-refractivity contribution in [1.29, 1.82) is 0 Å².